The quantitative estimate of drug-likeness (QED) is 0.340. The van der Waals surface area contributed by atoms with Crippen molar-refractivity contribution in [1.29, 1.82) is 5.26 Å². The molecule has 28 heavy (non-hydrogen) atoms. The maximum Gasteiger partial charge on any atom is 0.340 e. The van der Waals surface area contributed by atoms with Gasteiger partial charge < -0.3 is 19.2 Å². The Morgan fingerprint density at radius 3 is 2.32 bits per heavy atom. The number of H-pyrrole nitrogens is 1. The molecule has 1 heterocycles. The molecule has 0 aliphatic carbocycles. The van der Waals surface area contributed by atoms with Gasteiger partial charge in [0.2, 0.25) is 5.78 Å². The molecular weight excluding hydrogens is 360 g/mol. The van der Waals surface area contributed by atoms with E-state index >= 15 is 0 Å². The molecule has 7 heteroatoms. The van der Waals surface area contributed by atoms with Crippen LogP contribution < -0.4 is 9.47 Å². The van der Waals surface area contributed by atoms with Crippen molar-refractivity contribution < 1.29 is 23.8 Å². The number of ketones is 1. The van der Waals surface area contributed by atoms with E-state index in [0.29, 0.717) is 28.5 Å². The molecule has 146 valence electrons. The molecule has 0 aliphatic heterocycles. The summed E-state index contributed by atoms with van der Waals surface area (Å²) in [6.45, 7) is 5.23. The number of nitrogens with one attached hydrogen (secondary N) is 1. The van der Waals surface area contributed by atoms with Crippen LogP contribution in [0.1, 0.15) is 44.6 Å². The third-order valence-electron chi connectivity index (χ3n) is 4.17. The molecule has 2 rings (SSSR count). The van der Waals surface area contributed by atoms with E-state index in [1.165, 1.54) is 20.3 Å². The average Bonchev–Trinajstić information content (AvgIpc) is 2.99. The van der Waals surface area contributed by atoms with Crippen molar-refractivity contribution in [3.63, 3.8) is 0 Å². The Kier molecular flexibility index (Phi) is 6.61. The van der Waals surface area contributed by atoms with Crippen molar-refractivity contribution in [2.45, 2.75) is 20.8 Å². The SMILES string of the molecule is CCOC(=O)c1c(C)[nH]c(C)c1C(=O)/C(C#N)=C/c1ccc(OC)c(OC)c1. The summed E-state index contributed by atoms with van der Waals surface area (Å²) in [7, 11) is 3.02. The molecule has 0 unspecified atom stereocenters. The lowest BCUT2D eigenvalue weighted by molar-refractivity contribution is 0.0523. The summed E-state index contributed by atoms with van der Waals surface area (Å²) in [6.07, 6.45) is 1.45. The van der Waals surface area contributed by atoms with Crippen LogP contribution in [0.25, 0.3) is 6.08 Å². The van der Waals surface area contributed by atoms with E-state index in [4.69, 9.17) is 14.2 Å². The topological polar surface area (TPSA) is 101 Å². The van der Waals surface area contributed by atoms with Gasteiger partial charge in [-0.05, 0) is 44.5 Å². The zero-order valence-corrected chi connectivity index (χ0v) is 16.5. The number of benzene rings is 1. The van der Waals surface area contributed by atoms with Crippen molar-refractivity contribution in [2.24, 2.45) is 0 Å². The number of esters is 1. The predicted molar refractivity (Wildman–Crippen MR) is 104 cm³/mol. The molecule has 1 N–H and O–H groups in total. The van der Waals surface area contributed by atoms with Gasteiger partial charge in [0.15, 0.2) is 11.5 Å². The van der Waals surface area contributed by atoms with Gasteiger partial charge in [0, 0.05) is 11.4 Å². The van der Waals surface area contributed by atoms with Gasteiger partial charge in [-0.2, -0.15) is 5.26 Å². The Morgan fingerprint density at radius 2 is 1.75 bits per heavy atom. The number of carbonyl (C=O) groups excluding carboxylic acids is 2. The van der Waals surface area contributed by atoms with Crippen LogP contribution in [-0.4, -0.2) is 37.6 Å². The second-order valence-electron chi connectivity index (χ2n) is 5.96. The van der Waals surface area contributed by atoms with Gasteiger partial charge in [-0.15, -0.1) is 0 Å². The molecule has 0 atom stereocenters. The van der Waals surface area contributed by atoms with Crippen molar-refractivity contribution >= 4 is 17.8 Å². The fourth-order valence-electron chi connectivity index (χ4n) is 2.92. The summed E-state index contributed by atoms with van der Waals surface area (Å²) in [6, 6.07) is 6.96. The number of hydrogen-bond acceptors (Lipinski definition) is 6. The Hall–Kier alpha value is -3.53. The van der Waals surface area contributed by atoms with Crippen LogP contribution in [0.2, 0.25) is 0 Å². The van der Waals surface area contributed by atoms with Crippen LogP contribution in [0.3, 0.4) is 0 Å². The lowest BCUT2D eigenvalue weighted by Crippen LogP contribution is -2.13. The molecule has 7 nitrogen and oxygen atoms in total. The predicted octanol–water partition coefficient (Wildman–Crippen LogP) is 3.62. The van der Waals surface area contributed by atoms with Crippen molar-refractivity contribution in [3.05, 3.63) is 51.9 Å². The van der Waals surface area contributed by atoms with Crippen LogP contribution in [0.4, 0.5) is 0 Å². The van der Waals surface area contributed by atoms with Crippen molar-refractivity contribution in [2.75, 3.05) is 20.8 Å². The van der Waals surface area contributed by atoms with Crippen LogP contribution in [-0.2, 0) is 4.74 Å². The number of methoxy groups -OCH3 is 2. The number of ether oxygens (including phenoxy) is 3. The minimum absolute atomic E-state index is 0.111. The van der Waals surface area contributed by atoms with Crippen LogP contribution in [0.5, 0.6) is 11.5 Å². The first kappa shape index (κ1) is 20.8. The van der Waals surface area contributed by atoms with Crippen molar-refractivity contribution in [1.82, 2.24) is 4.98 Å². The highest BCUT2D eigenvalue weighted by Crippen LogP contribution is 2.29. The number of hydrogen-bond donors (Lipinski definition) is 1. The zero-order chi connectivity index (χ0) is 20.8. The van der Waals surface area contributed by atoms with Crippen molar-refractivity contribution in [3.8, 4) is 17.6 Å². The Morgan fingerprint density at radius 1 is 1.11 bits per heavy atom. The lowest BCUT2D eigenvalue weighted by Gasteiger charge is -2.08. The smallest absolute Gasteiger partial charge is 0.340 e. The molecule has 0 bridgehead atoms. The number of nitriles is 1. The van der Waals surface area contributed by atoms with E-state index in [-0.39, 0.29) is 23.3 Å². The average molecular weight is 382 g/mol. The summed E-state index contributed by atoms with van der Waals surface area (Å²) in [5, 5.41) is 9.56. The van der Waals surface area contributed by atoms with Crippen LogP contribution >= 0.6 is 0 Å². The second-order valence-corrected chi connectivity index (χ2v) is 5.96. The summed E-state index contributed by atoms with van der Waals surface area (Å²) in [5.74, 6) is -0.147. The third-order valence-corrected chi connectivity index (χ3v) is 4.17. The maximum atomic E-state index is 13.0. The summed E-state index contributed by atoms with van der Waals surface area (Å²) in [5.41, 5.74) is 1.79. The molecule has 0 saturated carbocycles. The first-order valence-electron chi connectivity index (χ1n) is 8.62. The van der Waals surface area contributed by atoms with Gasteiger partial charge in [0.25, 0.3) is 0 Å². The molecule has 0 saturated heterocycles. The number of aromatic amines is 1. The van der Waals surface area contributed by atoms with Gasteiger partial charge >= 0.3 is 5.97 Å². The summed E-state index contributed by atoms with van der Waals surface area (Å²) >= 11 is 0. The van der Waals surface area contributed by atoms with Crippen LogP contribution in [0, 0.1) is 25.2 Å². The van der Waals surface area contributed by atoms with E-state index in [2.05, 4.69) is 4.98 Å². The third kappa shape index (κ3) is 4.07. The largest absolute Gasteiger partial charge is 0.493 e. The summed E-state index contributed by atoms with van der Waals surface area (Å²) < 4.78 is 15.5. The van der Waals surface area contributed by atoms with Crippen LogP contribution in [0.15, 0.2) is 23.8 Å². The van der Waals surface area contributed by atoms with Gasteiger partial charge in [-0.25, -0.2) is 4.79 Å². The molecule has 1 aromatic heterocycles. The van der Waals surface area contributed by atoms with E-state index in [1.54, 1.807) is 39.0 Å². The first-order valence-corrected chi connectivity index (χ1v) is 8.62. The Labute approximate surface area is 163 Å². The molecule has 0 fully saturated rings. The number of Topliss-reactive ketones (excluding diaryl/α,β-unsaturated/α-hetero) is 1. The number of nitrogens with zero attached hydrogens (tertiary/aromatic N) is 1. The lowest BCUT2D eigenvalue weighted by atomic mass is 9.98. The molecule has 0 radical (unpaired) electrons. The standard InChI is InChI=1S/C21H22N2O5/c1-6-28-21(25)19-13(3)23-12(2)18(19)20(24)15(11-22)9-14-7-8-16(26-4)17(10-14)27-5/h7-10,23H,6H2,1-5H3/b15-9+. The van der Waals surface area contributed by atoms with E-state index in [1.807, 2.05) is 6.07 Å². The summed E-state index contributed by atoms with van der Waals surface area (Å²) in [4.78, 5) is 28.3. The van der Waals surface area contributed by atoms with E-state index in [0.717, 1.165) is 0 Å². The minimum Gasteiger partial charge on any atom is -0.493 e. The first-order chi connectivity index (χ1) is 13.4. The molecule has 1 aromatic carbocycles. The second kappa shape index (κ2) is 8.91. The van der Waals surface area contributed by atoms with Gasteiger partial charge in [-0.1, -0.05) is 6.07 Å². The fraction of sp³-hybridized carbons (Fsp3) is 0.286. The molecular formula is C21H22N2O5. The number of allylic oxidation sites excluding steroid dienone is 1. The highest BCUT2D eigenvalue weighted by Gasteiger charge is 2.27. The maximum absolute atomic E-state index is 13.0. The number of aryl methyl sites for hydroxylation is 2. The molecule has 0 amide bonds. The molecule has 0 spiro atoms. The molecule has 0 aliphatic rings. The fourth-order valence-corrected chi connectivity index (χ4v) is 2.92. The number of rotatable bonds is 7. The van der Waals surface area contributed by atoms with E-state index in [9.17, 15) is 14.9 Å². The minimum atomic E-state index is -0.601. The van der Waals surface area contributed by atoms with Gasteiger partial charge in [0.1, 0.15) is 11.6 Å². The number of carbonyl (C=O) groups is 2. The Balaban J connectivity index is 2.52. The molecule has 2 aromatic rings. The van der Waals surface area contributed by atoms with Gasteiger partial charge in [-0.3, -0.25) is 4.79 Å². The van der Waals surface area contributed by atoms with E-state index < -0.39 is 11.8 Å². The highest BCUT2D eigenvalue weighted by molar-refractivity contribution is 6.19. The normalized spacial score (nSPS) is 10.9. The highest BCUT2D eigenvalue weighted by atomic mass is 16.5. The monoisotopic (exact) mass is 382 g/mol. The number of aromatic nitrogens is 1. The van der Waals surface area contributed by atoms with Gasteiger partial charge in [0.05, 0.1) is 32.0 Å². The zero-order valence-electron chi connectivity index (χ0n) is 16.5. The Bertz CT molecular complexity index is 979.